The molecule has 4 nitrogen and oxygen atoms in total. The van der Waals surface area contributed by atoms with Crippen LogP contribution in [0.1, 0.15) is 42.1 Å². The number of amides is 1. The third kappa shape index (κ3) is 4.60. The number of rotatable bonds is 6. The molecule has 0 bridgehead atoms. The molecule has 2 aromatic rings. The number of nitrogens with one attached hydrogen (secondary N) is 1. The lowest BCUT2D eigenvalue weighted by atomic mass is 10.1. The highest BCUT2D eigenvalue weighted by molar-refractivity contribution is 6.03. The van der Waals surface area contributed by atoms with E-state index in [1.54, 1.807) is 12.1 Å². The van der Waals surface area contributed by atoms with Gasteiger partial charge in [-0.2, -0.15) is 4.73 Å². The Bertz CT molecular complexity index is 594. The highest BCUT2D eigenvalue weighted by Crippen LogP contribution is 2.13. The Morgan fingerprint density at radius 2 is 1.95 bits per heavy atom. The lowest BCUT2D eigenvalue weighted by molar-refractivity contribution is -0.605. The SMILES string of the molecule is CCCCCc1ccc(NC(=O)c2ccc[n+]([O-])c2)cc1. The zero-order valence-electron chi connectivity index (χ0n) is 12.2. The van der Waals surface area contributed by atoms with Gasteiger partial charge in [-0.05, 0) is 36.6 Å². The number of carbonyl (C=O) groups excluding carboxylic acids is 1. The molecule has 0 saturated carbocycles. The maximum atomic E-state index is 12.0. The van der Waals surface area contributed by atoms with Gasteiger partial charge in [0.2, 0.25) is 0 Å². The predicted molar refractivity (Wildman–Crippen MR) is 83.0 cm³/mol. The molecule has 0 radical (unpaired) electrons. The Hall–Kier alpha value is -2.36. The van der Waals surface area contributed by atoms with E-state index >= 15 is 0 Å². The molecule has 0 spiro atoms. The van der Waals surface area contributed by atoms with Gasteiger partial charge in [0.15, 0.2) is 12.4 Å². The standard InChI is InChI=1S/C17H20N2O2/c1-2-3-4-6-14-8-10-16(11-9-14)18-17(20)15-7-5-12-19(21)13-15/h5,7-13H,2-4,6H2,1H3,(H,18,20). The molecule has 0 saturated heterocycles. The van der Waals surface area contributed by atoms with E-state index in [-0.39, 0.29) is 5.91 Å². The zero-order chi connectivity index (χ0) is 15.1. The number of unbranched alkanes of at least 4 members (excludes halogenated alkanes) is 2. The monoisotopic (exact) mass is 284 g/mol. The number of nitrogens with zero attached hydrogens (tertiary/aromatic N) is 1. The van der Waals surface area contributed by atoms with Gasteiger partial charge >= 0.3 is 0 Å². The molecule has 2 rings (SSSR count). The summed E-state index contributed by atoms with van der Waals surface area (Å²) in [5.41, 5.74) is 2.36. The predicted octanol–water partition coefficient (Wildman–Crippen LogP) is 3.31. The molecule has 0 atom stereocenters. The zero-order valence-corrected chi connectivity index (χ0v) is 12.2. The highest BCUT2D eigenvalue weighted by Gasteiger charge is 2.08. The van der Waals surface area contributed by atoms with Crippen LogP contribution in [0, 0.1) is 5.21 Å². The molecule has 0 aliphatic heterocycles. The van der Waals surface area contributed by atoms with Crippen LogP contribution < -0.4 is 10.0 Å². The Labute approximate surface area is 125 Å². The summed E-state index contributed by atoms with van der Waals surface area (Å²) < 4.78 is 0.617. The van der Waals surface area contributed by atoms with Gasteiger partial charge in [-0.1, -0.05) is 31.9 Å². The summed E-state index contributed by atoms with van der Waals surface area (Å²) in [4.78, 5) is 12.0. The van der Waals surface area contributed by atoms with Crippen molar-refractivity contribution < 1.29 is 9.52 Å². The van der Waals surface area contributed by atoms with Crippen molar-refractivity contribution in [3.63, 3.8) is 0 Å². The average molecular weight is 284 g/mol. The van der Waals surface area contributed by atoms with E-state index in [1.165, 1.54) is 37.2 Å². The third-order valence-corrected chi connectivity index (χ3v) is 3.32. The lowest BCUT2D eigenvalue weighted by Gasteiger charge is -2.06. The summed E-state index contributed by atoms with van der Waals surface area (Å²) in [6.07, 6.45) is 7.32. The molecule has 1 amide bonds. The van der Waals surface area contributed by atoms with Crippen LogP contribution in [-0.2, 0) is 6.42 Å². The fourth-order valence-electron chi connectivity index (χ4n) is 2.13. The third-order valence-electron chi connectivity index (χ3n) is 3.32. The summed E-state index contributed by atoms with van der Waals surface area (Å²) >= 11 is 0. The second-order valence-corrected chi connectivity index (χ2v) is 5.06. The Kier molecular flexibility index (Phi) is 5.32. The van der Waals surface area contributed by atoms with Crippen molar-refractivity contribution in [1.29, 1.82) is 0 Å². The normalized spacial score (nSPS) is 10.3. The van der Waals surface area contributed by atoms with E-state index in [0.29, 0.717) is 10.3 Å². The van der Waals surface area contributed by atoms with Crippen molar-refractivity contribution in [2.24, 2.45) is 0 Å². The van der Waals surface area contributed by atoms with E-state index in [2.05, 4.69) is 12.2 Å². The van der Waals surface area contributed by atoms with Crippen LogP contribution in [0.5, 0.6) is 0 Å². The molecule has 1 N–H and O–H groups in total. The largest absolute Gasteiger partial charge is 0.619 e. The number of aromatic nitrogens is 1. The minimum absolute atomic E-state index is 0.279. The number of benzene rings is 1. The lowest BCUT2D eigenvalue weighted by Crippen LogP contribution is -2.27. The molecule has 4 heteroatoms. The molecule has 0 aliphatic carbocycles. The van der Waals surface area contributed by atoms with Gasteiger partial charge in [0.05, 0.1) is 0 Å². The van der Waals surface area contributed by atoms with Crippen molar-refractivity contribution in [2.75, 3.05) is 5.32 Å². The van der Waals surface area contributed by atoms with Crippen LogP contribution in [0.2, 0.25) is 0 Å². The minimum Gasteiger partial charge on any atom is -0.619 e. The summed E-state index contributed by atoms with van der Waals surface area (Å²) in [5, 5.41) is 13.9. The van der Waals surface area contributed by atoms with Gasteiger partial charge < -0.3 is 10.5 Å². The summed E-state index contributed by atoms with van der Waals surface area (Å²) in [7, 11) is 0. The Morgan fingerprint density at radius 1 is 1.19 bits per heavy atom. The maximum Gasteiger partial charge on any atom is 0.261 e. The second kappa shape index (κ2) is 7.43. The fraction of sp³-hybridized carbons (Fsp3) is 0.294. The highest BCUT2D eigenvalue weighted by atomic mass is 16.5. The first-order valence-corrected chi connectivity index (χ1v) is 7.28. The molecule has 1 heterocycles. The number of hydrogen-bond donors (Lipinski definition) is 1. The smallest absolute Gasteiger partial charge is 0.261 e. The maximum absolute atomic E-state index is 12.0. The van der Waals surface area contributed by atoms with Crippen molar-refractivity contribution in [3.05, 3.63) is 65.1 Å². The van der Waals surface area contributed by atoms with Gasteiger partial charge in [0.25, 0.3) is 5.91 Å². The summed E-state index contributed by atoms with van der Waals surface area (Å²) in [6.45, 7) is 2.19. The molecule has 21 heavy (non-hydrogen) atoms. The van der Waals surface area contributed by atoms with Crippen LogP contribution in [0.3, 0.4) is 0 Å². The van der Waals surface area contributed by atoms with E-state index in [9.17, 15) is 10.0 Å². The van der Waals surface area contributed by atoms with Crippen molar-refractivity contribution in [1.82, 2.24) is 0 Å². The van der Waals surface area contributed by atoms with Crippen LogP contribution in [0.4, 0.5) is 5.69 Å². The van der Waals surface area contributed by atoms with Crippen LogP contribution in [0.25, 0.3) is 0 Å². The van der Waals surface area contributed by atoms with E-state index < -0.39 is 0 Å². The van der Waals surface area contributed by atoms with Crippen molar-refractivity contribution in [2.45, 2.75) is 32.6 Å². The Balaban J connectivity index is 1.95. The molecular weight excluding hydrogens is 264 g/mol. The van der Waals surface area contributed by atoms with E-state index in [1.807, 2.05) is 24.3 Å². The summed E-state index contributed by atoms with van der Waals surface area (Å²) in [5.74, 6) is -0.279. The average Bonchev–Trinajstić information content (AvgIpc) is 2.49. The minimum atomic E-state index is -0.279. The molecule has 0 unspecified atom stereocenters. The number of carbonyl (C=O) groups is 1. The Morgan fingerprint density at radius 3 is 2.62 bits per heavy atom. The molecule has 0 fully saturated rings. The van der Waals surface area contributed by atoms with Crippen LogP contribution in [0.15, 0.2) is 48.8 Å². The fourth-order valence-corrected chi connectivity index (χ4v) is 2.13. The molecule has 110 valence electrons. The molecule has 1 aromatic heterocycles. The first-order valence-electron chi connectivity index (χ1n) is 7.28. The first-order chi connectivity index (χ1) is 10.2. The number of anilines is 1. The molecule has 1 aromatic carbocycles. The topological polar surface area (TPSA) is 56.0 Å². The molecule has 0 aliphatic rings. The van der Waals surface area contributed by atoms with Crippen LogP contribution in [-0.4, -0.2) is 5.91 Å². The van der Waals surface area contributed by atoms with E-state index in [0.717, 1.165) is 12.1 Å². The summed E-state index contributed by atoms with van der Waals surface area (Å²) in [6, 6.07) is 11.0. The van der Waals surface area contributed by atoms with Gasteiger partial charge in [-0.15, -0.1) is 0 Å². The van der Waals surface area contributed by atoms with Gasteiger partial charge in [0, 0.05) is 11.8 Å². The quantitative estimate of drug-likeness (QED) is 0.502. The number of hydrogen-bond acceptors (Lipinski definition) is 2. The van der Waals surface area contributed by atoms with Gasteiger partial charge in [-0.25, -0.2) is 0 Å². The first kappa shape index (κ1) is 15.0. The number of pyridine rings is 1. The van der Waals surface area contributed by atoms with Crippen LogP contribution >= 0.6 is 0 Å². The van der Waals surface area contributed by atoms with Crippen molar-refractivity contribution in [3.8, 4) is 0 Å². The number of aryl methyl sites for hydroxylation is 1. The second-order valence-electron chi connectivity index (χ2n) is 5.06. The molecular formula is C17H20N2O2. The van der Waals surface area contributed by atoms with Crippen molar-refractivity contribution >= 4 is 11.6 Å². The van der Waals surface area contributed by atoms with Gasteiger partial charge in [0.1, 0.15) is 5.56 Å². The van der Waals surface area contributed by atoms with E-state index in [4.69, 9.17) is 0 Å². The van der Waals surface area contributed by atoms with Gasteiger partial charge in [-0.3, -0.25) is 4.79 Å².